The molecule has 21 heavy (non-hydrogen) atoms. The second-order valence-electron chi connectivity index (χ2n) is 3.94. The Balaban J connectivity index is 2.10. The summed E-state index contributed by atoms with van der Waals surface area (Å²) < 4.78 is 9.18. The van der Waals surface area contributed by atoms with E-state index in [2.05, 4.69) is 36.0 Å². The molecule has 110 valence electrons. The summed E-state index contributed by atoms with van der Waals surface area (Å²) in [5.41, 5.74) is 3.59. The predicted octanol–water partition coefficient (Wildman–Crippen LogP) is 2.09. The van der Waals surface area contributed by atoms with E-state index in [9.17, 15) is 9.90 Å². The van der Waals surface area contributed by atoms with Crippen molar-refractivity contribution in [2.45, 2.75) is 6.92 Å². The maximum atomic E-state index is 11.8. The summed E-state index contributed by atoms with van der Waals surface area (Å²) >= 11 is 4.21. The SMILES string of the molecule is COc1cc(/C=N/NC(=O)c2snnc2C)cc(Br)c1O. The van der Waals surface area contributed by atoms with Gasteiger partial charge in [0.15, 0.2) is 11.5 Å². The fourth-order valence-corrected chi connectivity index (χ4v) is 2.49. The zero-order chi connectivity index (χ0) is 15.4. The number of phenols is 1. The number of aromatic hydroxyl groups is 1. The Hall–Kier alpha value is -2.00. The van der Waals surface area contributed by atoms with Crippen molar-refractivity contribution in [1.82, 2.24) is 15.0 Å². The number of ether oxygens (including phenoxy) is 1. The van der Waals surface area contributed by atoms with E-state index in [1.54, 1.807) is 19.1 Å². The second-order valence-corrected chi connectivity index (χ2v) is 5.55. The molecule has 0 saturated heterocycles. The van der Waals surface area contributed by atoms with Crippen LogP contribution in [-0.4, -0.2) is 33.9 Å². The van der Waals surface area contributed by atoms with Crippen LogP contribution in [0.3, 0.4) is 0 Å². The fourth-order valence-electron chi connectivity index (χ4n) is 1.48. The summed E-state index contributed by atoms with van der Waals surface area (Å²) in [7, 11) is 1.45. The number of hydrogen-bond acceptors (Lipinski definition) is 7. The Bertz CT molecular complexity index is 702. The summed E-state index contributed by atoms with van der Waals surface area (Å²) in [6, 6.07) is 3.24. The average molecular weight is 371 g/mol. The first-order valence-corrected chi connectivity index (χ1v) is 7.28. The van der Waals surface area contributed by atoms with Crippen LogP contribution in [0.25, 0.3) is 0 Å². The van der Waals surface area contributed by atoms with Crippen LogP contribution >= 0.6 is 27.5 Å². The summed E-state index contributed by atoms with van der Waals surface area (Å²) in [6.07, 6.45) is 1.44. The number of aryl methyl sites for hydroxylation is 1. The molecule has 9 heteroatoms. The fraction of sp³-hybridized carbons (Fsp3) is 0.167. The number of nitrogens with zero attached hydrogens (tertiary/aromatic N) is 3. The third-order valence-corrected chi connectivity index (χ3v) is 3.94. The van der Waals surface area contributed by atoms with Crippen LogP contribution < -0.4 is 10.2 Å². The zero-order valence-electron chi connectivity index (χ0n) is 11.1. The van der Waals surface area contributed by atoms with Gasteiger partial charge in [0, 0.05) is 0 Å². The van der Waals surface area contributed by atoms with E-state index in [0.29, 0.717) is 26.4 Å². The third kappa shape index (κ3) is 3.56. The van der Waals surface area contributed by atoms with Crippen molar-refractivity contribution in [2.75, 3.05) is 7.11 Å². The van der Waals surface area contributed by atoms with Crippen LogP contribution in [0.2, 0.25) is 0 Å². The van der Waals surface area contributed by atoms with Crippen molar-refractivity contribution in [3.8, 4) is 11.5 Å². The molecule has 0 radical (unpaired) electrons. The molecular weight excluding hydrogens is 360 g/mol. The smallest absolute Gasteiger partial charge is 0.285 e. The normalized spacial score (nSPS) is 10.8. The van der Waals surface area contributed by atoms with Gasteiger partial charge in [-0.15, -0.1) is 5.10 Å². The molecule has 2 aromatic rings. The van der Waals surface area contributed by atoms with Crippen molar-refractivity contribution in [1.29, 1.82) is 0 Å². The number of amides is 1. The van der Waals surface area contributed by atoms with Gasteiger partial charge in [0.2, 0.25) is 0 Å². The van der Waals surface area contributed by atoms with E-state index in [-0.39, 0.29) is 11.7 Å². The first kappa shape index (κ1) is 15.4. The van der Waals surface area contributed by atoms with Crippen molar-refractivity contribution in [3.63, 3.8) is 0 Å². The molecule has 1 aromatic heterocycles. The van der Waals surface area contributed by atoms with Gasteiger partial charge in [-0.25, -0.2) is 5.43 Å². The van der Waals surface area contributed by atoms with Gasteiger partial charge in [-0.3, -0.25) is 4.79 Å². The number of halogens is 1. The molecule has 2 N–H and O–H groups in total. The maximum absolute atomic E-state index is 11.8. The number of rotatable bonds is 4. The van der Waals surface area contributed by atoms with Crippen LogP contribution in [-0.2, 0) is 0 Å². The molecule has 1 aromatic carbocycles. The highest BCUT2D eigenvalue weighted by molar-refractivity contribution is 9.10. The van der Waals surface area contributed by atoms with Crippen LogP contribution in [0.15, 0.2) is 21.7 Å². The number of aromatic nitrogens is 2. The second kappa shape index (κ2) is 6.64. The van der Waals surface area contributed by atoms with Gasteiger partial charge < -0.3 is 9.84 Å². The molecule has 0 aliphatic heterocycles. The standard InChI is InChI=1S/C12H11BrN4O3S/c1-6-11(21-17-15-6)12(19)16-14-5-7-3-8(13)10(18)9(4-7)20-2/h3-5,18H,1-2H3,(H,16,19)/b14-5+. The van der Waals surface area contributed by atoms with Gasteiger partial charge in [-0.05, 0) is 52.1 Å². The maximum Gasteiger partial charge on any atom is 0.285 e. The molecule has 0 unspecified atom stereocenters. The third-order valence-electron chi connectivity index (χ3n) is 2.51. The van der Waals surface area contributed by atoms with Crippen LogP contribution in [0.5, 0.6) is 11.5 Å². The highest BCUT2D eigenvalue weighted by atomic mass is 79.9. The van der Waals surface area contributed by atoms with Crippen LogP contribution in [0.4, 0.5) is 0 Å². The lowest BCUT2D eigenvalue weighted by Crippen LogP contribution is -2.17. The molecule has 0 bridgehead atoms. The van der Waals surface area contributed by atoms with Crippen molar-refractivity contribution < 1.29 is 14.6 Å². The minimum Gasteiger partial charge on any atom is -0.503 e. The monoisotopic (exact) mass is 370 g/mol. The first-order valence-electron chi connectivity index (χ1n) is 5.71. The molecule has 1 heterocycles. The number of phenolic OH excluding ortho intramolecular Hbond substituents is 1. The summed E-state index contributed by atoms with van der Waals surface area (Å²) in [4.78, 5) is 12.2. The van der Waals surface area contributed by atoms with E-state index in [1.165, 1.54) is 13.3 Å². The van der Waals surface area contributed by atoms with Crippen LogP contribution in [0, 0.1) is 6.92 Å². The Kier molecular flexibility index (Phi) is 4.86. The number of hydrogen-bond donors (Lipinski definition) is 2. The lowest BCUT2D eigenvalue weighted by molar-refractivity contribution is 0.0958. The van der Waals surface area contributed by atoms with Gasteiger partial charge in [0.05, 0.1) is 23.5 Å². The molecule has 0 fully saturated rings. The summed E-state index contributed by atoms with van der Waals surface area (Å²) in [5.74, 6) is -0.0618. The Morgan fingerprint density at radius 3 is 2.95 bits per heavy atom. The number of hydrazone groups is 1. The average Bonchev–Trinajstić information content (AvgIpc) is 2.88. The predicted molar refractivity (Wildman–Crippen MR) is 82.1 cm³/mol. The molecule has 0 aliphatic rings. The molecule has 0 aliphatic carbocycles. The minimum atomic E-state index is -0.372. The van der Waals surface area contributed by atoms with Crippen molar-refractivity contribution >= 4 is 39.6 Å². The number of carbonyl (C=O) groups is 1. The summed E-state index contributed by atoms with van der Waals surface area (Å²) in [6.45, 7) is 1.70. The number of carbonyl (C=O) groups excluding carboxylic acids is 1. The van der Waals surface area contributed by atoms with E-state index in [0.717, 1.165) is 11.5 Å². The molecule has 0 saturated carbocycles. The zero-order valence-corrected chi connectivity index (χ0v) is 13.5. The van der Waals surface area contributed by atoms with Gasteiger partial charge in [0.25, 0.3) is 5.91 Å². The first-order chi connectivity index (χ1) is 10.0. The molecular formula is C12H11BrN4O3S. The molecule has 0 spiro atoms. The van der Waals surface area contributed by atoms with E-state index in [1.807, 2.05) is 0 Å². The van der Waals surface area contributed by atoms with Gasteiger partial charge in [-0.1, -0.05) is 4.49 Å². The lowest BCUT2D eigenvalue weighted by atomic mass is 10.2. The van der Waals surface area contributed by atoms with Gasteiger partial charge in [-0.2, -0.15) is 5.10 Å². The van der Waals surface area contributed by atoms with E-state index in [4.69, 9.17) is 4.74 Å². The topological polar surface area (TPSA) is 96.7 Å². The number of methoxy groups -OCH3 is 1. The quantitative estimate of drug-likeness (QED) is 0.634. The van der Waals surface area contributed by atoms with Gasteiger partial charge >= 0.3 is 0 Å². The molecule has 7 nitrogen and oxygen atoms in total. The molecule has 2 rings (SSSR count). The van der Waals surface area contributed by atoms with E-state index < -0.39 is 0 Å². The highest BCUT2D eigenvalue weighted by Gasteiger charge is 2.12. The lowest BCUT2D eigenvalue weighted by Gasteiger charge is -2.06. The largest absolute Gasteiger partial charge is 0.503 e. The van der Waals surface area contributed by atoms with Crippen molar-refractivity contribution in [2.24, 2.45) is 5.10 Å². The number of nitrogens with one attached hydrogen (secondary N) is 1. The molecule has 1 amide bonds. The van der Waals surface area contributed by atoms with Crippen LogP contribution in [0.1, 0.15) is 20.9 Å². The van der Waals surface area contributed by atoms with Crippen molar-refractivity contribution in [3.05, 3.63) is 32.7 Å². The highest BCUT2D eigenvalue weighted by Crippen LogP contribution is 2.34. The Morgan fingerprint density at radius 1 is 1.57 bits per heavy atom. The minimum absolute atomic E-state index is 0.00467. The van der Waals surface area contributed by atoms with Gasteiger partial charge in [0.1, 0.15) is 4.88 Å². The van der Waals surface area contributed by atoms with E-state index >= 15 is 0 Å². The Morgan fingerprint density at radius 2 is 2.33 bits per heavy atom. The Labute approximate surface area is 132 Å². The summed E-state index contributed by atoms with van der Waals surface area (Å²) in [5, 5.41) is 17.3. The number of benzene rings is 1. The molecule has 0 atom stereocenters.